The number of amides is 1. The van der Waals surface area contributed by atoms with Crippen LogP contribution in [0.25, 0.3) is 21.5 Å². The van der Waals surface area contributed by atoms with Gasteiger partial charge in [0.05, 0.1) is 21.4 Å². The van der Waals surface area contributed by atoms with Crippen LogP contribution < -0.4 is 5.32 Å². The highest BCUT2D eigenvalue weighted by Crippen LogP contribution is 2.20. The molecule has 0 aliphatic heterocycles. The molecule has 0 fully saturated rings. The van der Waals surface area contributed by atoms with Gasteiger partial charge in [-0.1, -0.05) is 0 Å². The molecule has 0 saturated heterocycles. The van der Waals surface area contributed by atoms with Crippen LogP contribution in [0.4, 0.5) is 0 Å². The number of carbonyl (C=O) groups is 1. The van der Waals surface area contributed by atoms with Gasteiger partial charge < -0.3 is 5.32 Å². The summed E-state index contributed by atoms with van der Waals surface area (Å²) in [5.41, 5.74) is 6.21. The largest absolute Gasteiger partial charge is 0.348 e. The summed E-state index contributed by atoms with van der Waals surface area (Å²) < 4.78 is 2.80. The van der Waals surface area contributed by atoms with Crippen LogP contribution in [0, 0.1) is 0 Å². The first-order valence-electron chi connectivity index (χ1n) is 7.74. The summed E-state index contributed by atoms with van der Waals surface area (Å²) in [7, 11) is 1.89. The van der Waals surface area contributed by atoms with Gasteiger partial charge in [0.25, 0.3) is 5.91 Å². The van der Waals surface area contributed by atoms with Crippen molar-refractivity contribution < 1.29 is 4.79 Å². The summed E-state index contributed by atoms with van der Waals surface area (Å²) >= 11 is 1.53. The van der Waals surface area contributed by atoms with Crippen LogP contribution in [0.2, 0.25) is 0 Å². The third-order valence-corrected chi connectivity index (χ3v) is 4.75. The number of fused-ring (bicyclic) bond motifs is 1. The Bertz CT molecular complexity index is 1050. The van der Waals surface area contributed by atoms with Gasteiger partial charge in [0.1, 0.15) is 0 Å². The van der Waals surface area contributed by atoms with Gasteiger partial charge in [-0.2, -0.15) is 5.10 Å². The molecule has 3 aromatic heterocycles. The van der Waals surface area contributed by atoms with Gasteiger partial charge in [-0.05, 0) is 35.9 Å². The Hall–Kier alpha value is -3.06. The summed E-state index contributed by atoms with van der Waals surface area (Å²) in [5.74, 6) is -0.110. The fourth-order valence-electron chi connectivity index (χ4n) is 2.66. The summed E-state index contributed by atoms with van der Waals surface area (Å²) in [6.45, 7) is 0.415. The highest BCUT2D eigenvalue weighted by atomic mass is 32.1. The van der Waals surface area contributed by atoms with E-state index in [-0.39, 0.29) is 5.91 Å². The van der Waals surface area contributed by atoms with Gasteiger partial charge >= 0.3 is 0 Å². The molecule has 124 valence electrons. The minimum absolute atomic E-state index is 0.110. The van der Waals surface area contributed by atoms with Gasteiger partial charge in [0, 0.05) is 43.3 Å². The predicted molar refractivity (Wildman–Crippen MR) is 97.2 cm³/mol. The van der Waals surface area contributed by atoms with Crippen LogP contribution >= 0.6 is 11.3 Å². The number of nitrogens with zero attached hydrogens (tertiary/aromatic N) is 4. The Morgan fingerprint density at radius 3 is 3.00 bits per heavy atom. The molecule has 3 heterocycles. The van der Waals surface area contributed by atoms with Gasteiger partial charge in [-0.25, -0.2) is 4.98 Å². The van der Waals surface area contributed by atoms with E-state index in [9.17, 15) is 4.79 Å². The van der Waals surface area contributed by atoms with E-state index in [0.29, 0.717) is 12.1 Å². The molecule has 0 saturated carbocycles. The summed E-state index contributed by atoms with van der Waals surface area (Å²) in [6.07, 6.45) is 5.30. The lowest BCUT2D eigenvalue weighted by Crippen LogP contribution is -2.22. The topological polar surface area (TPSA) is 72.7 Å². The predicted octanol–water partition coefficient (Wildman–Crippen LogP) is 3.02. The molecule has 0 spiro atoms. The number of rotatable bonds is 4. The number of benzene rings is 1. The van der Waals surface area contributed by atoms with Crippen LogP contribution in [-0.2, 0) is 13.6 Å². The maximum atomic E-state index is 12.4. The van der Waals surface area contributed by atoms with Crippen LogP contribution in [0.3, 0.4) is 0 Å². The van der Waals surface area contributed by atoms with Crippen molar-refractivity contribution in [2.75, 3.05) is 0 Å². The summed E-state index contributed by atoms with van der Waals surface area (Å²) in [4.78, 5) is 20.9. The zero-order valence-corrected chi connectivity index (χ0v) is 14.3. The number of hydrogen-bond donors (Lipinski definition) is 1. The van der Waals surface area contributed by atoms with Gasteiger partial charge in [0.2, 0.25) is 0 Å². The number of aryl methyl sites for hydroxylation is 1. The lowest BCUT2D eigenvalue weighted by atomic mass is 10.1. The van der Waals surface area contributed by atoms with Gasteiger partial charge in [0.15, 0.2) is 0 Å². The fraction of sp³-hybridized carbons (Fsp3) is 0.111. The van der Waals surface area contributed by atoms with Gasteiger partial charge in [-0.15, -0.1) is 11.3 Å². The summed E-state index contributed by atoms with van der Waals surface area (Å²) in [6, 6.07) is 9.47. The second kappa shape index (κ2) is 6.45. The van der Waals surface area contributed by atoms with E-state index in [4.69, 9.17) is 0 Å². The Labute approximate surface area is 148 Å². The SMILES string of the molecule is Cn1nccc1-c1cncc(CNC(=O)c2ccc3ncsc3c2)c1. The first-order valence-corrected chi connectivity index (χ1v) is 8.62. The van der Waals surface area contributed by atoms with E-state index in [0.717, 1.165) is 27.0 Å². The van der Waals surface area contributed by atoms with Crippen LogP contribution in [0.1, 0.15) is 15.9 Å². The Morgan fingerprint density at radius 2 is 2.16 bits per heavy atom. The standard InChI is InChI=1S/C18H15N5OS/c1-23-16(4-5-22-23)14-6-12(8-19-10-14)9-20-18(24)13-2-3-15-17(7-13)25-11-21-15/h2-8,10-11H,9H2,1H3,(H,20,24). The quantitative estimate of drug-likeness (QED) is 0.615. The van der Waals surface area contributed by atoms with E-state index < -0.39 is 0 Å². The lowest BCUT2D eigenvalue weighted by Gasteiger charge is -2.07. The molecule has 0 aliphatic rings. The van der Waals surface area contributed by atoms with E-state index in [1.165, 1.54) is 11.3 Å². The fourth-order valence-corrected chi connectivity index (χ4v) is 3.38. The number of nitrogens with one attached hydrogen (secondary N) is 1. The van der Waals surface area contributed by atoms with Crippen molar-refractivity contribution in [3.05, 3.63) is 65.6 Å². The number of carbonyl (C=O) groups excluding carboxylic acids is 1. The molecule has 0 aliphatic carbocycles. The molecule has 6 nitrogen and oxygen atoms in total. The third-order valence-electron chi connectivity index (χ3n) is 3.96. The molecule has 4 rings (SSSR count). The molecule has 1 amide bonds. The number of thiazole rings is 1. The van der Waals surface area contributed by atoms with Crippen LogP contribution in [-0.4, -0.2) is 25.7 Å². The van der Waals surface area contributed by atoms with E-state index in [1.54, 1.807) is 34.8 Å². The number of hydrogen-bond acceptors (Lipinski definition) is 5. The van der Waals surface area contributed by atoms with Crippen molar-refractivity contribution >= 4 is 27.5 Å². The molecule has 0 atom stereocenters. The third kappa shape index (κ3) is 3.14. The van der Waals surface area contributed by atoms with E-state index in [1.807, 2.05) is 31.3 Å². The average Bonchev–Trinajstić information content (AvgIpc) is 3.27. The normalized spacial score (nSPS) is 10.9. The first kappa shape index (κ1) is 15.5. The molecule has 25 heavy (non-hydrogen) atoms. The van der Waals surface area contributed by atoms with Crippen molar-refractivity contribution in [2.45, 2.75) is 6.54 Å². The molecule has 1 aromatic carbocycles. The van der Waals surface area contributed by atoms with Crippen molar-refractivity contribution in [3.63, 3.8) is 0 Å². The highest BCUT2D eigenvalue weighted by Gasteiger charge is 2.09. The first-order chi connectivity index (χ1) is 12.2. The minimum Gasteiger partial charge on any atom is -0.348 e. The molecule has 4 aromatic rings. The highest BCUT2D eigenvalue weighted by molar-refractivity contribution is 7.16. The number of aromatic nitrogens is 4. The van der Waals surface area contributed by atoms with Crippen molar-refractivity contribution in [3.8, 4) is 11.3 Å². The average molecular weight is 349 g/mol. The minimum atomic E-state index is -0.110. The second-order valence-electron chi connectivity index (χ2n) is 5.64. The monoisotopic (exact) mass is 349 g/mol. The molecule has 1 N–H and O–H groups in total. The van der Waals surface area contributed by atoms with Crippen LogP contribution in [0.15, 0.2) is 54.4 Å². The molecule has 0 unspecified atom stereocenters. The van der Waals surface area contributed by atoms with E-state index >= 15 is 0 Å². The number of pyridine rings is 1. The van der Waals surface area contributed by atoms with E-state index in [2.05, 4.69) is 20.4 Å². The van der Waals surface area contributed by atoms with Crippen LogP contribution in [0.5, 0.6) is 0 Å². The second-order valence-corrected chi connectivity index (χ2v) is 6.53. The van der Waals surface area contributed by atoms with Crippen molar-refractivity contribution in [1.29, 1.82) is 0 Å². The molecule has 0 bridgehead atoms. The molecule has 0 radical (unpaired) electrons. The molecular formula is C18H15N5OS. The maximum absolute atomic E-state index is 12.4. The zero-order chi connectivity index (χ0) is 17.2. The smallest absolute Gasteiger partial charge is 0.251 e. The van der Waals surface area contributed by atoms with Crippen molar-refractivity contribution in [2.24, 2.45) is 7.05 Å². The Balaban J connectivity index is 1.49. The Kier molecular flexibility index (Phi) is 3.99. The van der Waals surface area contributed by atoms with Gasteiger partial charge in [-0.3, -0.25) is 14.5 Å². The maximum Gasteiger partial charge on any atom is 0.251 e. The summed E-state index contributed by atoms with van der Waals surface area (Å²) in [5, 5.41) is 7.11. The molecule has 7 heteroatoms. The zero-order valence-electron chi connectivity index (χ0n) is 13.5. The van der Waals surface area contributed by atoms with Crippen molar-refractivity contribution in [1.82, 2.24) is 25.1 Å². The lowest BCUT2D eigenvalue weighted by molar-refractivity contribution is 0.0951. The molecular weight excluding hydrogens is 334 g/mol. The Morgan fingerprint density at radius 1 is 1.24 bits per heavy atom.